The summed E-state index contributed by atoms with van der Waals surface area (Å²) in [5, 5.41) is 9.23. The summed E-state index contributed by atoms with van der Waals surface area (Å²) in [6.45, 7) is 1.51. The van der Waals surface area contributed by atoms with E-state index in [0.29, 0.717) is 5.69 Å². The summed E-state index contributed by atoms with van der Waals surface area (Å²) >= 11 is 0. The second kappa shape index (κ2) is 6.70. The van der Waals surface area contributed by atoms with Crippen LogP contribution in [0.3, 0.4) is 0 Å². The van der Waals surface area contributed by atoms with Crippen LogP contribution in [0.4, 0.5) is 5.69 Å². The fourth-order valence-corrected chi connectivity index (χ4v) is 2.14. The Morgan fingerprint density at radius 1 is 1.00 bits per heavy atom. The lowest BCUT2D eigenvalue weighted by molar-refractivity contribution is -0.139. The second-order valence-corrected chi connectivity index (χ2v) is 4.78. The lowest BCUT2D eigenvalue weighted by Gasteiger charge is -2.26. The van der Waals surface area contributed by atoms with Crippen molar-refractivity contribution in [1.29, 1.82) is 0 Å². The molecule has 1 N–H and O–H groups in total. The highest BCUT2D eigenvalue weighted by Crippen LogP contribution is 2.18. The van der Waals surface area contributed by atoms with Crippen molar-refractivity contribution in [3.05, 3.63) is 66.2 Å². The minimum Gasteiger partial charge on any atom is -0.480 e. The Labute approximate surface area is 123 Å². The number of carboxylic acids is 1. The van der Waals surface area contributed by atoms with Gasteiger partial charge in [0, 0.05) is 5.69 Å². The summed E-state index contributed by atoms with van der Waals surface area (Å²) in [5.41, 5.74) is 1.45. The molecule has 2 aromatic rings. The Morgan fingerprint density at radius 2 is 1.52 bits per heavy atom. The summed E-state index contributed by atoms with van der Waals surface area (Å²) in [7, 11) is 0. The first kappa shape index (κ1) is 14.8. The lowest BCUT2D eigenvalue weighted by atomic mass is 10.1. The molecule has 4 heteroatoms. The van der Waals surface area contributed by atoms with Gasteiger partial charge in [-0.15, -0.1) is 0 Å². The summed E-state index contributed by atoms with van der Waals surface area (Å²) in [5.74, 6) is -1.26. The quantitative estimate of drug-likeness (QED) is 0.918. The molecule has 0 aliphatic heterocycles. The van der Waals surface area contributed by atoms with Crippen LogP contribution in [0.1, 0.15) is 12.5 Å². The molecule has 1 amide bonds. The molecule has 0 aliphatic carbocycles. The van der Waals surface area contributed by atoms with Crippen LogP contribution in [0.2, 0.25) is 0 Å². The Hall–Kier alpha value is -2.62. The molecular weight excluding hydrogens is 266 g/mol. The van der Waals surface area contributed by atoms with Gasteiger partial charge in [-0.3, -0.25) is 9.69 Å². The van der Waals surface area contributed by atoms with Crippen LogP contribution in [-0.4, -0.2) is 23.0 Å². The molecule has 0 radical (unpaired) electrons. The number of nitrogens with zero attached hydrogens (tertiary/aromatic N) is 1. The Balaban J connectivity index is 2.27. The highest BCUT2D eigenvalue weighted by atomic mass is 16.4. The van der Waals surface area contributed by atoms with Crippen LogP contribution in [0.5, 0.6) is 0 Å². The van der Waals surface area contributed by atoms with Crippen molar-refractivity contribution in [2.45, 2.75) is 19.4 Å². The highest BCUT2D eigenvalue weighted by molar-refractivity contribution is 5.99. The fraction of sp³-hybridized carbons (Fsp3) is 0.176. The molecule has 0 heterocycles. The summed E-state index contributed by atoms with van der Waals surface area (Å²) in [4.78, 5) is 25.1. The average Bonchev–Trinajstić information content (AvgIpc) is 2.49. The maximum absolute atomic E-state index is 12.5. The largest absolute Gasteiger partial charge is 0.480 e. The van der Waals surface area contributed by atoms with Crippen molar-refractivity contribution in [1.82, 2.24) is 0 Å². The number of aliphatic carboxylic acids is 1. The first-order valence-electron chi connectivity index (χ1n) is 6.73. The SMILES string of the molecule is C[C@@H](C(=O)O)N(C(=O)Cc1ccccc1)c1ccccc1. The number of para-hydroxylation sites is 1. The van der Waals surface area contributed by atoms with Crippen LogP contribution >= 0.6 is 0 Å². The number of carboxylic acid groups (broad SMARTS) is 1. The van der Waals surface area contributed by atoms with Crippen LogP contribution < -0.4 is 4.90 Å². The maximum atomic E-state index is 12.5. The molecule has 108 valence electrons. The van der Waals surface area contributed by atoms with Gasteiger partial charge in [0.2, 0.25) is 5.91 Å². The number of benzene rings is 2. The minimum absolute atomic E-state index is 0.174. The summed E-state index contributed by atoms with van der Waals surface area (Å²) in [6.07, 6.45) is 0.174. The molecule has 1 atom stereocenters. The van der Waals surface area contributed by atoms with E-state index in [1.165, 1.54) is 11.8 Å². The van der Waals surface area contributed by atoms with E-state index in [9.17, 15) is 14.7 Å². The molecular formula is C17H17NO3. The van der Waals surface area contributed by atoms with Crippen LogP contribution in [0.25, 0.3) is 0 Å². The Bertz CT molecular complexity index is 610. The van der Waals surface area contributed by atoms with E-state index >= 15 is 0 Å². The third-order valence-electron chi connectivity index (χ3n) is 3.25. The van der Waals surface area contributed by atoms with Crippen molar-refractivity contribution >= 4 is 17.6 Å². The van der Waals surface area contributed by atoms with Gasteiger partial charge in [0.25, 0.3) is 0 Å². The van der Waals surface area contributed by atoms with Gasteiger partial charge < -0.3 is 5.11 Å². The van der Waals surface area contributed by atoms with Gasteiger partial charge in [-0.25, -0.2) is 4.79 Å². The first-order chi connectivity index (χ1) is 10.1. The van der Waals surface area contributed by atoms with Gasteiger partial charge in [0.05, 0.1) is 6.42 Å². The smallest absolute Gasteiger partial charge is 0.326 e. The standard InChI is InChI=1S/C17H17NO3/c1-13(17(20)21)18(15-10-6-3-7-11-15)16(19)12-14-8-4-2-5-9-14/h2-11,13H,12H2,1H3,(H,20,21)/t13-/m0/s1. The van der Waals surface area contributed by atoms with E-state index in [1.54, 1.807) is 24.3 Å². The molecule has 0 unspecified atom stereocenters. The van der Waals surface area contributed by atoms with E-state index < -0.39 is 12.0 Å². The number of anilines is 1. The van der Waals surface area contributed by atoms with Crippen molar-refractivity contribution < 1.29 is 14.7 Å². The van der Waals surface area contributed by atoms with Crippen LogP contribution in [0.15, 0.2) is 60.7 Å². The third-order valence-corrected chi connectivity index (χ3v) is 3.25. The number of amides is 1. The van der Waals surface area contributed by atoms with Gasteiger partial charge in [-0.05, 0) is 24.6 Å². The second-order valence-electron chi connectivity index (χ2n) is 4.78. The minimum atomic E-state index is -1.03. The molecule has 0 fully saturated rings. The van der Waals surface area contributed by atoms with Gasteiger partial charge in [0.15, 0.2) is 0 Å². The topological polar surface area (TPSA) is 57.6 Å². The Kier molecular flexibility index (Phi) is 4.72. The highest BCUT2D eigenvalue weighted by Gasteiger charge is 2.26. The van der Waals surface area contributed by atoms with Gasteiger partial charge in [-0.2, -0.15) is 0 Å². The predicted molar refractivity (Wildman–Crippen MR) is 81.2 cm³/mol. The molecule has 0 bridgehead atoms. The van der Waals surface area contributed by atoms with Gasteiger partial charge >= 0.3 is 5.97 Å². The van der Waals surface area contributed by atoms with Crippen LogP contribution in [0, 0.1) is 0 Å². The Morgan fingerprint density at radius 3 is 2.05 bits per heavy atom. The lowest BCUT2D eigenvalue weighted by Crippen LogP contribution is -2.44. The molecule has 0 aromatic heterocycles. The fourth-order valence-electron chi connectivity index (χ4n) is 2.14. The third kappa shape index (κ3) is 3.69. The molecule has 2 aromatic carbocycles. The molecule has 0 spiro atoms. The molecule has 4 nitrogen and oxygen atoms in total. The van der Waals surface area contributed by atoms with E-state index in [4.69, 9.17) is 0 Å². The number of hydrogen-bond acceptors (Lipinski definition) is 2. The first-order valence-corrected chi connectivity index (χ1v) is 6.73. The van der Waals surface area contributed by atoms with Crippen LogP contribution in [-0.2, 0) is 16.0 Å². The number of carbonyl (C=O) groups is 2. The summed E-state index contributed by atoms with van der Waals surface area (Å²) in [6, 6.07) is 17.3. The van der Waals surface area contributed by atoms with Crippen molar-refractivity contribution in [3.63, 3.8) is 0 Å². The van der Waals surface area contributed by atoms with Crippen molar-refractivity contribution in [2.75, 3.05) is 4.90 Å². The van der Waals surface area contributed by atoms with Gasteiger partial charge in [-0.1, -0.05) is 48.5 Å². The van der Waals surface area contributed by atoms with E-state index in [2.05, 4.69) is 0 Å². The zero-order chi connectivity index (χ0) is 15.2. The zero-order valence-electron chi connectivity index (χ0n) is 11.8. The normalized spacial score (nSPS) is 11.7. The summed E-state index contributed by atoms with van der Waals surface area (Å²) < 4.78 is 0. The molecule has 0 saturated heterocycles. The average molecular weight is 283 g/mol. The number of hydrogen-bond donors (Lipinski definition) is 1. The van der Waals surface area contributed by atoms with E-state index in [1.807, 2.05) is 36.4 Å². The molecule has 21 heavy (non-hydrogen) atoms. The molecule has 0 aliphatic rings. The predicted octanol–water partition coefficient (Wildman–Crippen LogP) is 2.74. The number of rotatable bonds is 5. The zero-order valence-corrected chi connectivity index (χ0v) is 11.8. The number of carbonyl (C=O) groups excluding carboxylic acids is 1. The van der Waals surface area contributed by atoms with E-state index in [-0.39, 0.29) is 12.3 Å². The molecule has 0 saturated carbocycles. The molecule has 2 rings (SSSR count). The monoisotopic (exact) mass is 283 g/mol. The van der Waals surface area contributed by atoms with Crippen molar-refractivity contribution in [2.24, 2.45) is 0 Å². The van der Waals surface area contributed by atoms with Crippen molar-refractivity contribution in [3.8, 4) is 0 Å². The maximum Gasteiger partial charge on any atom is 0.326 e. The van der Waals surface area contributed by atoms with Gasteiger partial charge in [0.1, 0.15) is 6.04 Å². The van der Waals surface area contributed by atoms with E-state index in [0.717, 1.165) is 5.56 Å².